The van der Waals surface area contributed by atoms with Crippen molar-refractivity contribution in [2.75, 3.05) is 0 Å². The molecule has 0 radical (unpaired) electrons. The number of thiophene rings is 3. The Morgan fingerprint density at radius 1 is 1.16 bits per heavy atom. The minimum atomic E-state index is -0.159. The lowest BCUT2D eigenvalue weighted by molar-refractivity contribution is 0.537. The van der Waals surface area contributed by atoms with Crippen LogP contribution in [0.15, 0.2) is 19.7 Å². The summed E-state index contributed by atoms with van der Waals surface area (Å²) in [5.41, 5.74) is 3.70. The highest BCUT2D eigenvalue weighted by Crippen LogP contribution is 2.48. The summed E-state index contributed by atoms with van der Waals surface area (Å²) in [6.07, 6.45) is 1.11. The van der Waals surface area contributed by atoms with Crippen molar-refractivity contribution < 1.29 is 5.11 Å². The smallest absolute Gasteiger partial charge is 0.158 e. The van der Waals surface area contributed by atoms with E-state index in [1.54, 1.807) is 34.0 Å². The molecule has 11 heteroatoms. The van der Waals surface area contributed by atoms with Crippen LogP contribution < -0.4 is 10.6 Å². The van der Waals surface area contributed by atoms with Gasteiger partial charge >= 0.3 is 0 Å². The van der Waals surface area contributed by atoms with Crippen LogP contribution in [0, 0.1) is 5.41 Å². The number of pyridine rings is 1. The van der Waals surface area contributed by atoms with E-state index in [1.165, 1.54) is 0 Å². The fourth-order valence-corrected chi connectivity index (χ4v) is 9.19. The Balaban J connectivity index is 1.74. The van der Waals surface area contributed by atoms with Gasteiger partial charge < -0.3 is 5.11 Å². The second-order valence-corrected chi connectivity index (χ2v) is 12.1. The summed E-state index contributed by atoms with van der Waals surface area (Å²) in [5, 5.41) is 25.5. The molecular weight excluding hydrogens is 594 g/mol. The second-order valence-electron chi connectivity index (χ2n) is 7.67. The summed E-state index contributed by atoms with van der Waals surface area (Å²) in [6.45, 7) is 6.42. The third-order valence-corrected chi connectivity index (χ3v) is 10.8. The quantitative estimate of drug-likeness (QED) is 0.223. The zero-order valence-electron chi connectivity index (χ0n) is 16.2. The number of nitrogens with zero attached hydrogens (tertiary/aromatic N) is 4. The SMILES string of the molecule is C=c1/c(=C/O)n2c(nc3scc(Br)c32)c2sc3c(c12)C(C)C(=N)n1c-3nc2scc(Br)c21. The highest BCUT2D eigenvalue weighted by Gasteiger charge is 2.35. The largest absolute Gasteiger partial charge is 0.513 e. The van der Waals surface area contributed by atoms with Crippen LogP contribution in [-0.4, -0.2) is 29.9 Å². The summed E-state index contributed by atoms with van der Waals surface area (Å²) >= 11 is 12.0. The van der Waals surface area contributed by atoms with Gasteiger partial charge in [-0.25, -0.2) is 9.97 Å². The Morgan fingerprint density at radius 3 is 2.56 bits per heavy atom. The van der Waals surface area contributed by atoms with Crippen molar-refractivity contribution in [3.8, 4) is 10.7 Å². The highest BCUT2D eigenvalue weighted by atomic mass is 79.9. The van der Waals surface area contributed by atoms with E-state index >= 15 is 0 Å². The van der Waals surface area contributed by atoms with Crippen molar-refractivity contribution in [3.63, 3.8) is 0 Å². The van der Waals surface area contributed by atoms with Crippen molar-refractivity contribution in [1.82, 2.24) is 18.9 Å². The number of aliphatic hydroxyl groups excluding tert-OH is 1. The van der Waals surface area contributed by atoms with Crippen LogP contribution in [-0.2, 0) is 0 Å². The Kier molecular flexibility index (Phi) is 3.82. The van der Waals surface area contributed by atoms with Crippen molar-refractivity contribution in [1.29, 1.82) is 5.41 Å². The van der Waals surface area contributed by atoms with Gasteiger partial charge in [0.15, 0.2) is 11.5 Å². The molecule has 1 atom stereocenters. The van der Waals surface area contributed by atoms with E-state index in [1.807, 2.05) is 19.7 Å². The predicted molar refractivity (Wildman–Crippen MR) is 141 cm³/mol. The van der Waals surface area contributed by atoms with Crippen LogP contribution in [0.5, 0.6) is 0 Å². The molecule has 2 N–H and O–H groups in total. The summed E-state index contributed by atoms with van der Waals surface area (Å²) in [7, 11) is 0. The van der Waals surface area contributed by atoms with Gasteiger partial charge in [0.25, 0.3) is 0 Å². The molecule has 0 aliphatic carbocycles. The van der Waals surface area contributed by atoms with Crippen LogP contribution in [0.25, 0.3) is 60.0 Å². The first-order chi connectivity index (χ1) is 15.4. The normalized spacial score (nSPS) is 16.8. The minimum Gasteiger partial charge on any atom is -0.513 e. The van der Waals surface area contributed by atoms with Gasteiger partial charge in [-0.05, 0) is 37.4 Å². The molecule has 6 nitrogen and oxygen atoms in total. The van der Waals surface area contributed by atoms with Crippen LogP contribution in [0.3, 0.4) is 0 Å². The van der Waals surface area contributed by atoms with E-state index in [2.05, 4.69) is 45.4 Å². The number of halogens is 2. The molecule has 0 fully saturated rings. The van der Waals surface area contributed by atoms with Crippen molar-refractivity contribution in [3.05, 3.63) is 35.8 Å². The van der Waals surface area contributed by atoms with Gasteiger partial charge in [0.2, 0.25) is 0 Å². The average molecular weight is 605 g/mol. The van der Waals surface area contributed by atoms with Gasteiger partial charge in [-0.1, -0.05) is 13.5 Å². The zero-order chi connectivity index (χ0) is 22.0. The molecule has 1 unspecified atom stereocenters. The maximum absolute atomic E-state index is 10.2. The van der Waals surface area contributed by atoms with Gasteiger partial charge in [-0.15, -0.1) is 34.0 Å². The Hall–Kier alpha value is -2.05. The molecule has 6 aromatic heterocycles. The molecule has 0 bridgehead atoms. The standard InChI is InChI=1S/C21H11Br2N5OS3/c1-6-10(3-29)27-13-8(22)4-30-20(13)25-18(27)15-11(6)12-7(2)17(24)28-14-9(23)5-31-21(14)26-19(28)16(12)32-15/h3-5,7,24,29H,1H2,2H3/b10-3-,24-17?. The number of aromatic nitrogens is 4. The molecule has 1 aliphatic rings. The number of nitrogens with one attached hydrogen (secondary N) is 1. The molecule has 0 saturated heterocycles. The lowest BCUT2D eigenvalue weighted by Crippen LogP contribution is -2.32. The topological polar surface area (TPSA) is 79.2 Å². The molecule has 0 spiro atoms. The summed E-state index contributed by atoms with van der Waals surface area (Å²) in [4.78, 5) is 12.7. The lowest BCUT2D eigenvalue weighted by atomic mass is 9.93. The fourth-order valence-electron chi connectivity index (χ4n) is 4.69. The first-order valence-corrected chi connectivity index (χ1v) is 13.7. The summed E-state index contributed by atoms with van der Waals surface area (Å²) < 4.78 is 6.81. The third-order valence-electron chi connectivity index (χ3n) is 6.10. The fraction of sp³-hybridized carbons (Fsp3) is 0.0952. The number of hydrogen-bond acceptors (Lipinski definition) is 7. The number of imidazole rings is 2. The van der Waals surface area contributed by atoms with E-state index in [-0.39, 0.29) is 5.92 Å². The van der Waals surface area contributed by atoms with Crippen molar-refractivity contribution in [2.24, 2.45) is 0 Å². The first-order valence-electron chi connectivity index (χ1n) is 9.53. The maximum Gasteiger partial charge on any atom is 0.158 e. The maximum atomic E-state index is 10.2. The Labute approximate surface area is 208 Å². The van der Waals surface area contributed by atoms with Crippen LogP contribution in [0.1, 0.15) is 18.4 Å². The van der Waals surface area contributed by atoms with Crippen LogP contribution in [0.4, 0.5) is 0 Å². The molecule has 32 heavy (non-hydrogen) atoms. The van der Waals surface area contributed by atoms with Crippen LogP contribution >= 0.6 is 65.9 Å². The molecule has 158 valence electrons. The van der Waals surface area contributed by atoms with Crippen molar-refractivity contribution >= 4 is 121 Å². The van der Waals surface area contributed by atoms with Crippen LogP contribution in [0.2, 0.25) is 0 Å². The molecule has 0 saturated carbocycles. The number of hydrogen-bond donors (Lipinski definition) is 2. The van der Waals surface area contributed by atoms with Gasteiger partial charge in [0, 0.05) is 27.3 Å². The molecule has 7 rings (SSSR count). The summed E-state index contributed by atoms with van der Waals surface area (Å²) in [5.74, 6) is 1.11. The highest BCUT2D eigenvalue weighted by molar-refractivity contribution is 9.11. The Morgan fingerprint density at radius 2 is 1.84 bits per heavy atom. The lowest BCUT2D eigenvalue weighted by Gasteiger charge is -2.23. The first kappa shape index (κ1) is 19.4. The predicted octanol–water partition coefficient (Wildman–Crippen LogP) is 6.02. The van der Waals surface area contributed by atoms with E-state index in [9.17, 15) is 5.11 Å². The van der Waals surface area contributed by atoms with Gasteiger partial charge in [0.1, 0.15) is 21.8 Å². The second kappa shape index (κ2) is 6.29. The van der Waals surface area contributed by atoms with Gasteiger partial charge in [-0.2, -0.15) is 0 Å². The Bertz CT molecular complexity index is 1940. The number of aliphatic hydroxyl groups is 1. The van der Waals surface area contributed by atoms with E-state index < -0.39 is 0 Å². The van der Waals surface area contributed by atoms with E-state index in [4.69, 9.17) is 15.4 Å². The zero-order valence-corrected chi connectivity index (χ0v) is 21.9. The summed E-state index contributed by atoms with van der Waals surface area (Å²) in [6, 6.07) is 0. The molecule has 0 aromatic carbocycles. The molecule has 0 amide bonds. The van der Waals surface area contributed by atoms with Gasteiger partial charge in [0.05, 0.1) is 34.9 Å². The molecule has 1 aliphatic heterocycles. The van der Waals surface area contributed by atoms with E-state index in [0.717, 1.165) is 73.1 Å². The monoisotopic (exact) mass is 603 g/mol. The molecular formula is C21H11Br2N5OS3. The minimum absolute atomic E-state index is 0.159. The number of rotatable bonds is 0. The van der Waals surface area contributed by atoms with E-state index in [0.29, 0.717) is 11.2 Å². The third kappa shape index (κ3) is 2.12. The number of fused-ring (bicyclic) bond motifs is 11. The average Bonchev–Trinajstić information content (AvgIpc) is 3.54. The molecule has 7 heterocycles. The van der Waals surface area contributed by atoms with Gasteiger partial charge in [-0.3, -0.25) is 14.4 Å². The molecule has 6 aromatic rings. The van der Waals surface area contributed by atoms with Crippen molar-refractivity contribution in [2.45, 2.75) is 12.8 Å².